The van der Waals surface area contributed by atoms with Crippen LogP contribution in [0, 0.1) is 11.5 Å². The van der Waals surface area contributed by atoms with Gasteiger partial charge >= 0.3 is 0 Å². The number of imidazole rings is 1. The second-order valence-electron chi connectivity index (χ2n) is 3.37. The van der Waals surface area contributed by atoms with Crippen LogP contribution in [0.4, 0.5) is 5.69 Å². The molecule has 6 heteroatoms. The van der Waals surface area contributed by atoms with Crippen molar-refractivity contribution in [3.63, 3.8) is 0 Å². The molecule has 0 saturated heterocycles. The van der Waals surface area contributed by atoms with Gasteiger partial charge in [-0.15, -0.1) is 0 Å². The second-order valence-corrected chi connectivity index (χ2v) is 3.37. The van der Waals surface area contributed by atoms with Gasteiger partial charge in [0.1, 0.15) is 17.8 Å². The topological polar surface area (TPSA) is 86.1 Å². The summed E-state index contributed by atoms with van der Waals surface area (Å²) < 4.78 is 5.26. The van der Waals surface area contributed by atoms with E-state index in [0.717, 1.165) is 11.3 Å². The highest BCUT2D eigenvalue weighted by Gasteiger charge is 2.05. The molecule has 0 aliphatic heterocycles. The molecule has 0 saturated carbocycles. The lowest BCUT2D eigenvalue weighted by atomic mass is 10.1. The number of hydrogen-bond donors (Lipinski definition) is 2. The van der Waals surface area contributed by atoms with E-state index in [4.69, 9.17) is 10.00 Å². The fraction of sp³-hybridized carbons (Fsp3) is 0.0833. The number of aliphatic imine (C=N–C) groups is 1. The zero-order chi connectivity index (χ0) is 12.8. The van der Waals surface area contributed by atoms with E-state index in [1.54, 1.807) is 25.8 Å². The molecule has 0 unspecified atom stereocenters. The molecule has 0 aliphatic carbocycles. The monoisotopic (exact) mass is 241 g/mol. The van der Waals surface area contributed by atoms with Gasteiger partial charge < -0.3 is 9.72 Å². The molecule has 0 radical (unpaired) electrons. The zero-order valence-corrected chi connectivity index (χ0v) is 9.71. The minimum absolute atomic E-state index is 0.623. The number of aromatic amines is 1. The van der Waals surface area contributed by atoms with Crippen LogP contribution < -0.4 is 10.1 Å². The molecule has 6 nitrogen and oxygen atoms in total. The smallest absolute Gasteiger partial charge is 0.182 e. The normalized spacial score (nSPS) is 10.2. The SMILES string of the molecule is COc1cc(-c2cnc[nH]2)ccc1N=CNC#N. The molecule has 1 aromatic heterocycles. The first-order valence-electron chi connectivity index (χ1n) is 5.19. The third-order valence-corrected chi connectivity index (χ3v) is 2.32. The van der Waals surface area contributed by atoms with Crippen LogP contribution in [0.25, 0.3) is 11.3 Å². The summed E-state index contributed by atoms with van der Waals surface area (Å²) >= 11 is 0. The van der Waals surface area contributed by atoms with Crippen molar-refractivity contribution < 1.29 is 4.74 Å². The average molecular weight is 241 g/mol. The van der Waals surface area contributed by atoms with Crippen LogP contribution in [-0.4, -0.2) is 23.4 Å². The van der Waals surface area contributed by atoms with E-state index in [-0.39, 0.29) is 0 Å². The van der Waals surface area contributed by atoms with Gasteiger partial charge in [-0.05, 0) is 12.1 Å². The minimum Gasteiger partial charge on any atom is -0.494 e. The molecular weight excluding hydrogens is 230 g/mol. The first-order valence-corrected chi connectivity index (χ1v) is 5.19. The molecule has 1 heterocycles. The van der Waals surface area contributed by atoms with Crippen molar-refractivity contribution in [3.8, 4) is 23.2 Å². The van der Waals surface area contributed by atoms with E-state index >= 15 is 0 Å². The molecule has 0 amide bonds. The van der Waals surface area contributed by atoms with E-state index in [2.05, 4.69) is 20.3 Å². The number of methoxy groups -OCH3 is 1. The number of aromatic nitrogens is 2. The predicted octanol–water partition coefficient (Wildman–Crippen LogP) is 1.82. The lowest BCUT2D eigenvalue weighted by Crippen LogP contribution is -1.99. The summed E-state index contributed by atoms with van der Waals surface area (Å²) in [5.74, 6) is 0.623. The van der Waals surface area contributed by atoms with E-state index in [1.807, 2.05) is 18.2 Å². The number of H-pyrrole nitrogens is 1. The zero-order valence-electron chi connectivity index (χ0n) is 9.71. The van der Waals surface area contributed by atoms with Crippen molar-refractivity contribution in [1.82, 2.24) is 15.3 Å². The Labute approximate surface area is 104 Å². The predicted molar refractivity (Wildman–Crippen MR) is 67.5 cm³/mol. The van der Waals surface area contributed by atoms with Gasteiger partial charge in [0.2, 0.25) is 0 Å². The van der Waals surface area contributed by atoms with Gasteiger partial charge in [0.25, 0.3) is 0 Å². The molecule has 0 spiro atoms. The van der Waals surface area contributed by atoms with Crippen LogP contribution in [-0.2, 0) is 0 Å². The van der Waals surface area contributed by atoms with Crippen molar-refractivity contribution >= 4 is 12.0 Å². The van der Waals surface area contributed by atoms with Crippen molar-refractivity contribution in [3.05, 3.63) is 30.7 Å². The summed E-state index contributed by atoms with van der Waals surface area (Å²) in [6.45, 7) is 0. The van der Waals surface area contributed by atoms with E-state index in [1.165, 1.54) is 6.34 Å². The summed E-state index contributed by atoms with van der Waals surface area (Å²) in [5, 5.41) is 10.7. The van der Waals surface area contributed by atoms with Crippen LogP contribution in [0.3, 0.4) is 0 Å². The number of hydrogen-bond acceptors (Lipinski definition) is 4. The molecule has 2 aromatic rings. The van der Waals surface area contributed by atoms with Crippen LogP contribution in [0.2, 0.25) is 0 Å². The summed E-state index contributed by atoms with van der Waals surface area (Å²) in [4.78, 5) is 11.1. The standard InChI is InChI=1S/C12H11N5O/c1-18-12-4-9(11-5-14-7-17-11)2-3-10(12)16-8-15-6-13/h2-5,7-8H,1H3,(H,14,17)(H,15,16). The Balaban J connectivity index is 2.32. The molecule has 2 rings (SSSR count). The van der Waals surface area contributed by atoms with Gasteiger partial charge in [0, 0.05) is 5.56 Å². The first-order chi connectivity index (χ1) is 8.85. The Morgan fingerprint density at radius 1 is 1.56 bits per heavy atom. The van der Waals surface area contributed by atoms with Gasteiger partial charge in [-0.3, -0.25) is 5.32 Å². The third-order valence-electron chi connectivity index (χ3n) is 2.32. The Kier molecular flexibility index (Phi) is 3.56. The van der Waals surface area contributed by atoms with Gasteiger partial charge in [-0.2, -0.15) is 5.26 Å². The van der Waals surface area contributed by atoms with E-state index < -0.39 is 0 Å². The molecule has 0 atom stereocenters. The maximum atomic E-state index is 8.35. The molecule has 2 N–H and O–H groups in total. The first kappa shape index (κ1) is 11.7. The summed E-state index contributed by atoms with van der Waals surface area (Å²) in [6, 6.07) is 5.56. The van der Waals surface area contributed by atoms with Crippen LogP contribution in [0.15, 0.2) is 35.7 Å². The highest BCUT2D eigenvalue weighted by molar-refractivity contribution is 5.70. The molecule has 0 aliphatic rings. The van der Waals surface area contributed by atoms with Gasteiger partial charge in [0.15, 0.2) is 6.19 Å². The second kappa shape index (κ2) is 5.50. The van der Waals surface area contributed by atoms with Gasteiger partial charge in [-0.25, -0.2) is 9.98 Å². The number of benzene rings is 1. The van der Waals surface area contributed by atoms with Gasteiger partial charge in [-0.1, -0.05) is 6.07 Å². The van der Waals surface area contributed by atoms with Crippen molar-refractivity contribution in [1.29, 1.82) is 5.26 Å². The molecule has 18 heavy (non-hydrogen) atoms. The lowest BCUT2D eigenvalue weighted by Gasteiger charge is -2.06. The van der Waals surface area contributed by atoms with Crippen molar-refractivity contribution in [2.75, 3.05) is 7.11 Å². The largest absolute Gasteiger partial charge is 0.494 e. The third kappa shape index (κ3) is 2.47. The summed E-state index contributed by atoms with van der Waals surface area (Å²) in [6.07, 6.45) is 6.42. The van der Waals surface area contributed by atoms with E-state index in [9.17, 15) is 0 Å². The van der Waals surface area contributed by atoms with Crippen LogP contribution >= 0.6 is 0 Å². The molecule has 0 fully saturated rings. The van der Waals surface area contributed by atoms with Crippen molar-refractivity contribution in [2.45, 2.75) is 0 Å². The fourth-order valence-electron chi connectivity index (χ4n) is 1.50. The highest BCUT2D eigenvalue weighted by Crippen LogP contribution is 2.31. The van der Waals surface area contributed by atoms with E-state index in [0.29, 0.717) is 11.4 Å². The Morgan fingerprint density at radius 2 is 2.44 bits per heavy atom. The highest BCUT2D eigenvalue weighted by atomic mass is 16.5. The number of nitrogens with one attached hydrogen (secondary N) is 2. The van der Waals surface area contributed by atoms with Gasteiger partial charge in [0.05, 0.1) is 25.3 Å². The van der Waals surface area contributed by atoms with Crippen molar-refractivity contribution in [2.24, 2.45) is 4.99 Å². The van der Waals surface area contributed by atoms with Crippen LogP contribution in [0.1, 0.15) is 0 Å². The number of nitrogens with zero attached hydrogens (tertiary/aromatic N) is 3. The fourth-order valence-corrected chi connectivity index (χ4v) is 1.50. The molecule has 0 bridgehead atoms. The Bertz CT molecular complexity index is 583. The number of nitriles is 1. The molecule has 90 valence electrons. The minimum atomic E-state index is 0.623. The molecular formula is C12H11N5O. The average Bonchev–Trinajstić information content (AvgIpc) is 2.93. The summed E-state index contributed by atoms with van der Waals surface area (Å²) in [5.41, 5.74) is 2.50. The summed E-state index contributed by atoms with van der Waals surface area (Å²) in [7, 11) is 1.57. The quantitative estimate of drug-likeness (QED) is 0.370. The Morgan fingerprint density at radius 3 is 3.11 bits per heavy atom. The maximum absolute atomic E-state index is 8.35. The number of ether oxygens (including phenoxy) is 1. The number of rotatable bonds is 4. The molecule has 1 aromatic carbocycles. The lowest BCUT2D eigenvalue weighted by molar-refractivity contribution is 0.416. The van der Waals surface area contributed by atoms with Crippen LogP contribution in [0.5, 0.6) is 5.75 Å². The maximum Gasteiger partial charge on any atom is 0.182 e. The Hall–Kier alpha value is -2.81.